The van der Waals surface area contributed by atoms with Gasteiger partial charge in [0.05, 0.1) is 10.9 Å². The van der Waals surface area contributed by atoms with E-state index in [2.05, 4.69) is 9.97 Å². The minimum Gasteiger partial charge on any atom is -0.261 e. The van der Waals surface area contributed by atoms with Crippen LogP contribution in [0.25, 0.3) is 0 Å². The number of nitrogens with zero attached hydrogens (tertiary/aromatic N) is 2. The van der Waals surface area contributed by atoms with Gasteiger partial charge >= 0.3 is 0 Å². The van der Waals surface area contributed by atoms with Crippen molar-refractivity contribution in [2.75, 3.05) is 0 Å². The molecule has 2 nitrogen and oxygen atoms in total. The first-order valence-electron chi connectivity index (χ1n) is 4.28. The van der Waals surface area contributed by atoms with E-state index >= 15 is 0 Å². The zero-order valence-electron chi connectivity index (χ0n) is 7.43. The van der Waals surface area contributed by atoms with Gasteiger partial charge in [-0.25, -0.2) is 0 Å². The van der Waals surface area contributed by atoms with Gasteiger partial charge < -0.3 is 0 Å². The zero-order valence-corrected chi connectivity index (χ0v) is 9.00. The summed E-state index contributed by atoms with van der Waals surface area (Å²) in [6, 6.07) is 5.86. The molecule has 0 amide bonds. The Morgan fingerprint density at radius 1 is 1.43 bits per heavy atom. The van der Waals surface area contributed by atoms with Gasteiger partial charge in [-0.2, -0.15) is 0 Å². The molecule has 0 aliphatic rings. The molecule has 0 bridgehead atoms. The van der Waals surface area contributed by atoms with E-state index in [9.17, 15) is 0 Å². The number of hydrogen-bond acceptors (Lipinski definition) is 3. The van der Waals surface area contributed by atoms with Gasteiger partial charge in [0.2, 0.25) is 0 Å². The van der Waals surface area contributed by atoms with E-state index in [1.807, 2.05) is 24.4 Å². The van der Waals surface area contributed by atoms with Crippen LogP contribution in [0.15, 0.2) is 36.1 Å². The first-order valence-corrected chi connectivity index (χ1v) is 5.60. The highest BCUT2D eigenvalue weighted by molar-refractivity contribution is 7.09. The summed E-state index contributed by atoms with van der Waals surface area (Å²) in [4.78, 5) is 9.32. The predicted molar refractivity (Wildman–Crippen MR) is 58.6 cm³/mol. The van der Waals surface area contributed by atoms with Crippen LogP contribution in [0.2, 0.25) is 0 Å². The Kier molecular flexibility index (Phi) is 3.11. The summed E-state index contributed by atoms with van der Waals surface area (Å²) < 4.78 is 0. The highest BCUT2D eigenvalue weighted by atomic mass is 35.5. The minimum atomic E-state index is -0.0163. The molecular formula is C10H9ClN2S. The van der Waals surface area contributed by atoms with Crippen molar-refractivity contribution < 1.29 is 0 Å². The quantitative estimate of drug-likeness (QED) is 0.749. The SMILES string of the molecule is ClC(Cc1ccccn1)c1cncs1. The Morgan fingerprint density at radius 2 is 2.36 bits per heavy atom. The second-order valence-corrected chi connectivity index (χ2v) is 4.34. The van der Waals surface area contributed by atoms with Gasteiger partial charge in [-0.05, 0) is 12.1 Å². The molecule has 72 valence electrons. The molecule has 2 aromatic rings. The summed E-state index contributed by atoms with van der Waals surface area (Å²) in [7, 11) is 0. The summed E-state index contributed by atoms with van der Waals surface area (Å²) >= 11 is 7.79. The second-order valence-electron chi connectivity index (χ2n) is 2.90. The van der Waals surface area contributed by atoms with Gasteiger partial charge in [0.15, 0.2) is 0 Å². The van der Waals surface area contributed by atoms with E-state index < -0.39 is 0 Å². The first-order chi connectivity index (χ1) is 6.86. The molecule has 0 N–H and O–H groups in total. The molecule has 0 saturated heterocycles. The van der Waals surface area contributed by atoms with Crippen LogP contribution >= 0.6 is 22.9 Å². The van der Waals surface area contributed by atoms with Crippen molar-refractivity contribution in [1.29, 1.82) is 0 Å². The van der Waals surface area contributed by atoms with Gasteiger partial charge in [0, 0.05) is 29.4 Å². The lowest BCUT2D eigenvalue weighted by Gasteiger charge is -2.04. The monoisotopic (exact) mass is 224 g/mol. The molecule has 1 unspecified atom stereocenters. The summed E-state index contributed by atoms with van der Waals surface area (Å²) in [6.07, 6.45) is 4.35. The van der Waals surface area contributed by atoms with Crippen LogP contribution in [0.1, 0.15) is 15.9 Å². The van der Waals surface area contributed by atoms with Crippen LogP contribution < -0.4 is 0 Å². The maximum atomic E-state index is 6.21. The van der Waals surface area contributed by atoms with Crippen molar-refractivity contribution in [2.45, 2.75) is 11.8 Å². The second kappa shape index (κ2) is 4.53. The number of aromatic nitrogens is 2. The fourth-order valence-electron chi connectivity index (χ4n) is 1.18. The lowest BCUT2D eigenvalue weighted by atomic mass is 10.2. The standard InChI is InChI=1S/C10H9ClN2S/c11-9(10-6-12-7-14-10)5-8-3-1-2-4-13-8/h1-4,6-7,9H,5H2. The Hall–Kier alpha value is -0.930. The van der Waals surface area contributed by atoms with Crippen molar-refractivity contribution in [3.05, 3.63) is 46.7 Å². The Labute approximate surface area is 91.6 Å². The Balaban J connectivity index is 2.06. The summed E-state index contributed by atoms with van der Waals surface area (Å²) in [5, 5.41) is -0.0163. The summed E-state index contributed by atoms with van der Waals surface area (Å²) in [5.74, 6) is 0. The van der Waals surface area contributed by atoms with Crippen LogP contribution in [0, 0.1) is 0 Å². The number of rotatable bonds is 3. The fourth-order valence-corrected chi connectivity index (χ4v) is 2.15. The summed E-state index contributed by atoms with van der Waals surface area (Å²) in [6.45, 7) is 0. The molecule has 2 rings (SSSR count). The van der Waals surface area contributed by atoms with Crippen LogP contribution in [-0.2, 0) is 6.42 Å². The number of alkyl halides is 1. The molecule has 2 heterocycles. The highest BCUT2D eigenvalue weighted by Gasteiger charge is 2.10. The van der Waals surface area contributed by atoms with E-state index in [-0.39, 0.29) is 5.38 Å². The molecule has 14 heavy (non-hydrogen) atoms. The third-order valence-electron chi connectivity index (χ3n) is 1.87. The minimum absolute atomic E-state index is 0.0163. The van der Waals surface area contributed by atoms with Crippen molar-refractivity contribution in [3.63, 3.8) is 0 Å². The molecule has 0 fully saturated rings. The van der Waals surface area contributed by atoms with Gasteiger partial charge in [0.1, 0.15) is 0 Å². The van der Waals surface area contributed by atoms with Gasteiger partial charge in [-0.15, -0.1) is 22.9 Å². The van der Waals surface area contributed by atoms with Gasteiger partial charge in [-0.1, -0.05) is 6.07 Å². The highest BCUT2D eigenvalue weighted by Crippen LogP contribution is 2.26. The molecule has 0 aliphatic carbocycles. The summed E-state index contributed by atoms with van der Waals surface area (Å²) in [5.41, 5.74) is 2.81. The van der Waals surface area contributed by atoms with Crippen LogP contribution in [0.5, 0.6) is 0 Å². The zero-order chi connectivity index (χ0) is 9.80. The van der Waals surface area contributed by atoms with Crippen molar-refractivity contribution in [2.24, 2.45) is 0 Å². The first kappa shape index (κ1) is 9.62. The van der Waals surface area contributed by atoms with Crippen LogP contribution in [0.3, 0.4) is 0 Å². The van der Waals surface area contributed by atoms with Crippen molar-refractivity contribution >= 4 is 22.9 Å². The number of thiazole rings is 1. The third kappa shape index (κ3) is 2.30. The average molecular weight is 225 g/mol. The molecule has 2 aromatic heterocycles. The average Bonchev–Trinajstić information content (AvgIpc) is 2.72. The van der Waals surface area contributed by atoms with Crippen molar-refractivity contribution in [1.82, 2.24) is 9.97 Å². The normalized spacial score (nSPS) is 12.6. The lowest BCUT2D eigenvalue weighted by molar-refractivity contribution is 0.893. The maximum Gasteiger partial charge on any atom is 0.0794 e. The van der Waals surface area contributed by atoms with E-state index in [0.29, 0.717) is 0 Å². The fraction of sp³-hybridized carbons (Fsp3) is 0.200. The molecule has 4 heteroatoms. The Morgan fingerprint density at radius 3 is 3.00 bits per heavy atom. The van der Waals surface area contributed by atoms with E-state index in [0.717, 1.165) is 17.0 Å². The van der Waals surface area contributed by atoms with E-state index in [4.69, 9.17) is 11.6 Å². The largest absolute Gasteiger partial charge is 0.261 e. The van der Waals surface area contributed by atoms with Gasteiger partial charge in [-0.3, -0.25) is 9.97 Å². The number of halogens is 1. The number of hydrogen-bond donors (Lipinski definition) is 0. The molecular weight excluding hydrogens is 216 g/mol. The molecule has 0 spiro atoms. The molecule has 1 atom stereocenters. The van der Waals surface area contributed by atoms with Crippen molar-refractivity contribution in [3.8, 4) is 0 Å². The lowest BCUT2D eigenvalue weighted by Crippen LogP contribution is -1.95. The van der Waals surface area contributed by atoms with Crippen LogP contribution in [-0.4, -0.2) is 9.97 Å². The number of pyridine rings is 1. The van der Waals surface area contributed by atoms with Gasteiger partial charge in [0.25, 0.3) is 0 Å². The predicted octanol–water partition coefficient (Wildman–Crippen LogP) is 3.06. The smallest absolute Gasteiger partial charge is 0.0794 e. The van der Waals surface area contributed by atoms with E-state index in [1.165, 1.54) is 0 Å². The van der Waals surface area contributed by atoms with Crippen LogP contribution in [0.4, 0.5) is 0 Å². The topological polar surface area (TPSA) is 25.8 Å². The van der Waals surface area contributed by atoms with E-state index in [1.54, 1.807) is 23.0 Å². The molecule has 0 aliphatic heterocycles. The maximum absolute atomic E-state index is 6.21. The Bertz CT molecular complexity index is 374. The third-order valence-corrected chi connectivity index (χ3v) is 3.28. The molecule has 0 saturated carbocycles. The molecule has 0 radical (unpaired) electrons. The molecule has 0 aromatic carbocycles.